The molecule has 6 heteroatoms. The molecule has 1 atom stereocenters. The molecule has 0 amide bonds. The summed E-state index contributed by atoms with van der Waals surface area (Å²) in [5.74, 6) is 6.55. The van der Waals surface area contributed by atoms with E-state index in [0.717, 1.165) is 29.7 Å². The van der Waals surface area contributed by atoms with Crippen LogP contribution >= 0.6 is 34.5 Å². The third-order valence-electron chi connectivity index (χ3n) is 3.18. The van der Waals surface area contributed by atoms with E-state index in [4.69, 9.17) is 33.8 Å². The molecule has 0 spiro atoms. The van der Waals surface area contributed by atoms with Gasteiger partial charge in [-0.2, -0.15) is 0 Å². The van der Waals surface area contributed by atoms with E-state index in [-0.39, 0.29) is 6.04 Å². The largest absolute Gasteiger partial charge is 0.490 e. The molecular formula is C14H14Cl2N2OS. The lowest BCUT2D eigenvalue weighted by Gasteiger charge is -2.17. The van der Waals surface area contributed by atoms with Crippen molar-refractivity contribution in [2.45, 2.75) is 25.0 Å². The number of nitrogens with two attached hydrogens (primary N) is 1. The fourth-order valence-corrected chi connectivity index (χ4v) is 3.59. The quantitative estimate of drug-likeness (QED) is 0.640. The van der Waals surface area contributed by atoms with E-state index in [9.17, 15) is 0 Å². The Labute approximate surface area is 131 Å². The summed E-state index contributed by atoms with van der Waals surface area (Å²) in [4.78, 5) is 0. The lowest BCUT2D eigenvalue weighted by atomic mass is 10.0. The van der Waals surface area contributed by atoms with Crippen molar-refractivity contribution in [3.05, 3.63) is 50.1 Å². The lowest BCUT2D eigenvalue weighted by molar-refractivity contribution is 0.302. The molecule has 20 heavy (non-hydrogen) atoms. The summed E-state index contributed by atoms with van der Waals surface area (Å²) in [7, 11) is 0. The van der Waals surface area contributed by atoms with Crippen LogP contribution in [-0.2, 0) is 0 Å². The zero-order valence-corrected chi connectivity index (χ0v) is 12.9. The minimum Gasteiger partial charge on any atom is -0.490 e. The monoisotopic (exact) mass is 328 g/mol. The highest BCUT2D eigenvalue weighted by atomic mass is 35.5. The van der Waals surface area contributed by atoms with Gasteiger partial charge in [-0.05, 0) is 36.6 Å². The van der Waals surface area contributed by atoms with Gasteiger partial charge < -0.3 is 4.74 Å². The Morgan fingerprint density at radius 2 is 2.10 bits per heavy atom. The zero-order chi connectivity index (χ0) is 14.1. The normalized spacial score (nSPS) is 16.1. The molecule has 1 unspecified atom stereocenters. The maximum Gasteiger partial charge on any atom is 0.120 e. The van der Waals surface area contributed by atoms with Crippen molar-refractivity contribution in [1.29, 1.82) is 0 Å². The van der Waals surface area contributed by atoms with Crippen molar-refractivity contribution < 1.29 is 4.74 Å². The van der Waals surface area contributed by atoms with Crippen LogP contribution in [-0.4, -0.2) is 6.10 Å². The summed E-state index contributed by atoms with van der Waals surface area (Å²) in [5.41, 5.74) is 4.68. The van der Waals surface area contributed by atoms with Gasteiger partial charge in [-0.1, -0.05) is 35.3 Å². The van der Waals surface area contributed by atoms with Gasteiger partial charge in [0.2, 0.25) is 0 Å². The van der Waals surface area contributed by atoms with E-state index < -0.39 is 0 Å². The number of nitrogens with one attached hydrogen (secondary N) is 1. The number of hydrazine groups is 1. The Hall–Kier alpha value is -0.780. The van der Waals surface area contributed by atoms with Gasteiger partial charge >= 0.3 is 0 Å². The number of rotatable bonds is 5. The molecule has 0 aliphatic heterocycles. The predicted molar refractivity (Wildman–Crippen MR) is 83.6 cm³/mol. The summed E-state index contributed by atoms with van der Waals surface area (Å²) in [6.45, 7) is 0. The van der Waals surface area contributed by atoms with Gasteiger partial charge in [0, 0.05) is 5.56 Å². The van der Waals surface area contributed by atoms with Gasteiger partial charge in [-0.25, -0.2) is 5.43 Å². The molecule has 1 aliphatic carbocycles. The Kier molecular flexibility index (Phi) is 4.19. The van der Waals surface area contributed by atoms with Gasteiger partial charge in [0.25, 0.3) is 0 Å². The van der Waals surface area contributed by atoms with Crippen LogP contribution in [0.15, 0.2) is 30.3 Å². The van der Waals surface area contributed by atoms with Gasteiger partial charge in [0.1, 0.15) is 5.75 Å². The first-order valence-electron chi connectivity index (χ1n) is 6.35. The maximum atomic E-state index is 6.21. The van der Waals surface area contributed by atoms with Crippen LogP contribution in [0, 0.1) is 0 Å². The van der Waals surface area contributed by atoms with Crippen LogP contribution < -0.4 is 16.0 Å². The summed E-state index contributed by atoms with van der Waals surface area (Å²) in [5, 5.41) is 0. The molecule has 1 heterocycles. The second-order valence-electron chi connectivity index (χ2n) is 4.77. The molecule has 1 saturated carbocycles. The predicted octanol–water partition coefficient (Wildman–Crippen LogP) is 4.15. The summed E-state index contributed by atoms with van der Waals surface area (Å²) in [6, 6.07) is 9.54. The highest BCUT2D eigenvalue weighted by Gasteiger charge is 2.24. The van der Waals surface area contributed by atoms with Crippen molar-refractivity contribution in [2.24, 2.45) is 5.84 Å². The van der Waals surface area contributed by atoms with Crippen LogP contribution in [0.1, 0.15) is 30.0 Å². The molecule has 0 saturated heterocycles. The van der Waals surface area contributed by atoms with Crippen molar-refractivity contribution >= 4 is 34.5 Å². The number of ether oxygens (including phenoxy) is 1. The molecule has 3 rings (SSSR count). The fraction of sp³-hybridized carbons (Fsp3) is 0.286. The number of thiophene rings is 1. The molecule has 0 radical (unpaired) electrons. The third-order valence-corrected chi connectivity index (χ3v) is 4.70. The van der Waals surface area contributed by atoms with Crippen molar-refractivity contribution in [1.82, 2.24) is 5.43 Å². The topological polar surface area (TPSA) is 47.3 Å². The van der Waals surface area contributed by atoms with E-state index in [2.05, 4.69) is 5.43 Å². The zero-order valence-electron chi connectivity index (χ0n) is 10.6. The Balaban J connectivity index is 1.90. The summed E-state index contributed by atoms with van der Waals surface area (Å²) in [6.07, 6.45) is 2.64. The molecule has 2 aromatic rings. The van der Waals surface area contributed by atoms with Crippen molar-refractivity contribution in [3.8, 4) is 5.75 Å². The third kappa shape index (κ3) is 3.10. The van der Waals surface area contributed by atoms with E-state index in [1.54, 1.807) is 0 Å². The Morgan fingerprint density at radius 1 is 1.30 bits per heavy atom. The average Bonchev–Trinajstić information content (AvgIpc) is 3.16. The molecule has 1 aliphatic rings. The van der Waals surface area contributed by atoms with Gasteiger partial charge in [-0.15, -0.1) is 11.3 Å². The van der Waals surface area contributed by atoms with Gasteiger partial charge in [0.15, 0.2) is 0 Å². The SMILES string of the molecule is NNC(c1cccc(OC2CC2)c1)c1cc(Cl)sc1Cl. The second kappa shape index (κ2) is 5.92. The van der Waals surface area contributed by atoms with Crippen LogP contribution in [0.5, 0.6) is 5.75 Å². The fourth-order valence-electron chi connectivity index (χ4n) is 2.06. The first kappa shape index (κ1) is 14.2. The second-order valence-corrected chi connectivity index (χ2v) is 7.05. The van der Waals surface area contributed by atoms with Gasteiger partial charge in [0.05, 0.1) is 20.8 Å². The summed E-state index contributed by atoms with van der Waals surface area (Å²) >= 11 is 13.5. The average molecular weight is 329 g/mol. The first-order valence-corrected chi connectivity index (χ1v) is 7.92. The number of hydrogen-bond acceptors (Lipinski definition) is 4. The van der Waals surface area contributed by atoms with Crippen LogP contribution in [0.2, 0.25) is 8.67 Å². The van der Waals surface area contributed by atoms with E-state index in [1.807, 2.05) is 30.3 Å². The minimum atomic E-state index is -0.200. The Bertz CT molecular complexity index is 613. The van der Waals surface area contributed by atoms with Crippen LogP contribution in [0.3, 0.4) is 0 Å². The van der Waals surface area contributed by atoms with E-state index in [0.29, 0.717) is 14.8 Å². The van der Waals surface area contributed by atoms with Crippen LogP contribution in [0.25, 0.3) is 0 Å². The molecular weight excluding hydrogens is 315 g/mol. The highest BCUT2D eigenvalue weighted by Crippen LogP contribution is 2.38. The summed E-state index contributed by atoms with van der Waals surface area (Å²) < 4.78 is 7.10. The highest BCUT2D eigenvalue weighted by molar-refractivity contribution is 7.20. The first-order chi connectivity index (χ1) is 9.67. The number of benzene rings is 1. The minimum absolute atomic E-state index is 0.200. The standard InChI is InChI=1S/C14H14Cl2N2OS/c15-12-7-11(14(16)20-12)13(18-17)8-2-1-3-10(6-8)19-9-4-5-9/h1-3,6-7,9,13,18H,4-5,17H2. The molecule has 0 bridgehead atoms. The molecule has 3 N–H and O–H groups in total. The maximum absolute atomic E-state index is 6.21. The molecule has 106 valence electrons. The Morgan fingerprint density at radius 3 is 2.70 bits per heavy atom. The van der Waals surface area contributed by atoms with E-state index >= 15 is 0 Å². The van der Waals surface area contributed by atoms with Crippen molar-refractivity contribution in [3.63, 3.8) is 0 Å². The molecule has 3 nitrogen and oxygen atoms in total. The van der Waals surface area contributed by atoms with Crippen molar-refractivity contribution in [2.75, 3.05) is 0 Å². The smallest absolute Gasteiger partial charge is 0.120 e. The molecule has 1 aromatic heterocycles. The molecule has 1 aromatic carbocycles. The molecule has 1 fully saturated rings. The number of hydrogen-bond donors (Lipinski definition) is 2. The van der Waals surface area contributed by atoms with Crippen LogP contribution in [0.4, 0.5) is 0 Å². The van der Waals surface area contributed by atoms with Gasteiger partial charge in [-0.3, -0.25) is 5.84 Å². The lowest BCUT2D eigenvalue weighted by Crippen LogP contribution is -2.28. The van der Waals surface area contributed by atoms with E-state index in [1.165, 1.54) is 11.3 Å². The number of halogens is 2.